The Morgan fingerprint density at radius 2 is 2.33 bits per heavy atom. The van der Waals surface area contributed by atoms with Crippen LogP contribution in [0, 0.1) is 6.92 Å². The van der Waals surface area contributed by atoms with Crippen molar-refractivity contribution in [1.29, 1.82) is 0 Å². The van der Waals surface area contributed by atoms with Crippen molar-refractivity contribution in [2.24, 2.45) is 4.99 Å². The summed E-state index contributed by atoms with van der Waals surface area (Å²) in [6.07, 6.45) is 0.211. The van der Waals surface area contributed by atoms with E-state index in [1.165, 1.54) is 0 Å². The number of aryl methyl sites for hydroxylation is 1. The molecule has 0 spiro atoms. The normalized spacial score (nSPS) is 14.6. The Kier molecular flexibility index (Phi) is 2.59. The number of nitrogens with zero attached hydrogens (tertiary/aromatic N) is 2. The summed E-state index contributed by atoms with van der Waals surface area (Å²) in [6, 6.07) is 5.24. The molecule has 2 heterocycles. The monoisotopic (exact) mass is 244 g/mol. The molecule has 5 nitrogen and oxygen atoms in total. The fourth-order valence-corrected chi connectivity index (χ4v) is 1.94. The molecule has 1 aliphatic rings. The second kappa shape index (κ2) is 4.25. The fourth-order valence-electron chi connectivity index (χ4n) is 1.94. The van der Waals surface area contributed by atoms with E-state index in [4.69, 9.17) is 9.15 Å². The minimum absolute atomic E-state index is 0.0156. The predicted octanol–water partition coefficient (Wildman–Crippen LogP) is 2.14. The summed E-state index contributed by atoms with van der Waals surface area (Å²) in [4.78, 5) is 20.3. The lowest BCUT2D eigenvalue weighted by atomic mass is 10.1. The minimum atomic E-state index is -0.0156. The molecule has 5 heteroatoms. The summed E-state index contributed by atoms with van der Waals surface area (Å²) in [5, 5.41) is 0. The van der Waals surface area contributed by atoms with Gasteiger partial charge in [0.1, 0.15) is 12.1 Å². The lowest BCUT2D eigenvalue weighted by Crippen LogP contribution is -2.08. The van der Waals surface area contributed by atoms with Crippen LogP contribution in [0.15, 0.2) is 27.6 Å². The van der Waals surface area contributed by atoms with Crippen molar-refractivity contribution in [2.75, 3.05) is 13.2 Å². The van der Waals surface area contributed by atoms with Crippen molar-refractivity contribution in [1.82, 2.24) is 4.98 Å². The van der Waals surface area contributed by atoms with Gasteiger partial charge in [-0.3, -0.25) is 9.79 Å². The Labute approximate surface area is 103 Å². The zero-order valence-corrected chi connectivity index (χ0v) is 9.97. The van der Waals surface area contributed by atoms with Gasteiger partial charge in [-0.2, -0.15) is 0 Å². The predicted molar refractivity (Wildman–Crippen MR) is 65.9 cm³/mol. The third-order valence-corrected chi connectivity index (χ3v) is 2.78. The van der Waals surface area contributed by atoms with E-state index in [2.05, 4.69) is 9.98 Å². The van der Waals surface area contributed by atoms with E-state index < -0.39 is 0 Å². The van der Waals surface area contributed by atoms with E-state index >= 15 is 0 Å². The van der Waals surface area contributed by atoms with Gasteiger partial charge in [-0.25, -0.2) is 4.98 Å². The highest BCUT2D eigenvalue weighted by atomic mass is 16.5. The SMILES string of the molecule is Cc1nc2cc(C(=O)CC3=NCCO3)ccc2o1. The molecule has 1 aromatic carbocycles. The molecule has 0 atom stereocenters. The van der Waals surface area contributed by atoms with Gasteiger partial charge in [-0.1, -0.05) is 0 Å². The van der Waals surface area contributed by atoms with Crippen LogP contribution in [0.1, 0.15) is 22.7 Å². The molecular formula is C13H12N2O3. The highest BCUT2D eigenvalue weighted by Gasteiger charge is 2.15. The highest BCUT2D eigenvalue weighted by Crippen LogP contribution is 2.18. The number of ketones is 1. The van der Waals surface area contributed by atoms with Gasteiger partial charge in [-0.15, -0.1) is 0 Å². The van der Waals surface area contributed by atoms with Crippen molar-refractivity contribution in [2.45, 2.75) is 13.3 Å². The lowest BCUT2D eigenvalue weighted by Gasteiger charge is -2.01. The summed E-state index contributed by atoms with van der Waals surface area (Å²) < 4.78 is 10.6. The standard InChI is InChI=1S/C13H12N2O3/c1-8-15-10-6-9(2-3-12(10)18-8)11(16)7-13-14-4-5-17-13/h2-3,6H,4-5,7H2,1H3. The zero-order valence-electron chi connectivity index (χ0n) is 9.97. The first-order valence-corrected chi connectivity index (χ1v) is 5.79. The van der Waals surface area contributed by atoms with Gasteiger partial charge in [-0.05, 0) is 18.2 Å². The molecule has 0 aliphatic carbocycles. The van der Waals surface area contributed by atoms with E-state index in [-0.39, 0.29) is 12.2 Å². The van der Waals surface area contributed by atoms with Crippen LogP contribution in [-0.4, -0.2) is 29.8 Å². The number of aliphatic imine (C=N–C) groups is 1. The molecule has 0 saturated carbocycles. The fraction of sp³-hybridized carbons (Fsp3) is 0.308. The van der Waals surface area contributed by atoms with E-state index in [0.717, 1.165) is 0 Å². The zero-order chi connectivity index (χ0) is 12.5. The quantitative estimate of drug-likeness (QED) is 0.776. The second-order valence-corrected chi connectivity index (χ2v) is 4.14. The van der Waals surface area contributed by atoms with Crippen molar-refractivity contribution >= 4 is 22.8 Å². The molecular weight excluding hydrogens is 232 g/mol. The molecule has 0 unspecified atom stereocenters. The van der Waals surface area contributed by atoms with Crippen molar-refractivity contribution in [3.05, 3.63) is 29.7 Å². The third-order valence-electron chi connectivity index (χ3n) is 2.78. The van der Waals surface area contributed by atoms with Crippen LogP contribution < -0.4 is 0 Å². The number of carbonyl (C=O) groups is 1. The first-order chi connectivity index (χ1) is 8.72. The first-order valence-electron chi connectivity index (χ1n) is 5.79. The van der Waals surface area contributed by atoms with Crippen molar-refractivity contribution in [3.8, 4) is 0 Å². The molecule has 0 radical (unpaired) electrons. The Morgan fingerprint density at radius 3 is 3.11 bits per heavy atom. The Hall–Kier alpha value is -2.17. The van der Waals surface area contributed by atoms with E-state index in [1.807, 2.05) is 0 Å². The number of oxazole rings is 1. The number of carbonyl (C=O) groups excluding carboxylic acids is 1. The number of Topliss-reactive ketones (excluding diaryl/α,β-unsaturated/α-hetero) is 1. The van der Waals surface area contributed by atoms with E-state index in [1.54, 1.807) is 25.1 Å². The van der Waals surface area contributed by atoms with Gasteiger partial charge in [0.05, 0.1) is 13.0 Å². The highest BCUT2D eigenvalue weighted by molar-refractivity contribution is 6.08. The van der Waals surface area contributed by atoms with Crippen LogP contribution in [0.3, 0.4) is 0 Å². The summed E-state index contributed by atoms with van der Waals surface area (Å²) in [5.74, 6) is 1.10. The molecule has 0 amide bonds. The average molecular weight is 244 g/mol. The van der Waals surface area contributed by atoms with Crippen LogP contribution in [0.5, 0.6) is 0 Å². The van der Waals surface area contributed by atoms with E-state index in [0.29, 0.717) is 41.6 Å². The molecule has 1 aromatic heterocycles. The summed E-state index contributed by atoms with van der Waals surface area (Å²) in [7, 11) is 0. The topological polar surface area (TPSA) is 64.7 Å². The first kappa shape index (κ1) is 11.0. The molecule has 3 rings (SSSR count). The van der Waals surface area contributed by atoms with E-state index in [9.17, 15) is 4.79 Å². The van der Waals surface area contributed by atoms with Gasteiger partial charge in [0.15, 0.2) is 23.2 Å². The minimum Gasteiger partial charge on any atom is -0.479 e. The number of aromatic nitrogens is 1. The van der Waals surface area contributed by atoms with Crippen LogP contribution in [0.2, 0.25) is 0 Å². The summed E-state index contributed by atoms with van der Waals surface area (Å²) in [5.41, 5.74) is 2.00. The summed E-state index contributed by atoms with van der Waals surface area (Å²) in [6.45, 7) is 3.00. The van der Waals surface area contributed by atoms with Gasteiger partial charge >= 0.3 is 0 Å². The molecule has 2 aromatic rings. The van der Waals surface area contributed by atoms with Crippen LogP contribution >= 0.6 is 0 Å². The largest absolute Gasteiger partial charge is 0.479 e. The number of fused-ring (bicyclic) bond motifs is 1. The lowest BCUT2D eigenvalue weighted by molar-refractivity contribution is 0.0995. The second-order valence-electron chi connectivity index (χ2n) is 4.14. The van der Waals surface area contributed by atoms with Crippen LogP contribution in [-0.2, 0) is 4.74 Å². The maximum atomic E-state index is 12.0. The van der Waals surface area contributed by atoms with Gasteiger partial charge in [0, 0.05) is 12.5 Å². The molecule has 1 aliphatic heterocycles. The Bertz CT molecular complexity index is 643. The number of hydrogen-bond acceptors (Lipinski definition) is 5. The van der Waals surface area contributed by atoms with Crippen molar-refractivity contribution < 1.29 is 13.9 Å². The molecule has 0 fully saturated rings. The third kappa shape index (κ3) is 1.99. The molecule has 0 N–H and O–H groups in total. The number of hydrogen-bond donors (Lipinski definition) is 0. The number of benzene rings is 1. The van der Waals surface area contributed by atoms with Gasteiger partial charge in [0.25, 0.3) is 0 Å². The molecule has 18 heavy (non-hydrogen) atoms. The summed E-state index contributed by atoms with van der Waals surface area (Å²) >= 11 is 0. The maximum Gasteiger partial charge on any atom is 0.192 e. The molecule has 0 bridgehead atoms. The van der Waals surface area contributed by atoms with Gasteiger partial charge in [0.2, 0.25) is 0 Å². The molecule has 0 saturated heterocycles. The van der Waals surface area contributed by atoms with Crippen LogP contribution in [0.4, 0.5) is 0 Å². The number of rotatable bonds is 3. The van der Waals surface area contributed by atoms with Crippen molar-refractivity contribution in [3.63, 3.8) is 0 Å². The smallest absolute Gasteiger partial charge is 0.192 e. The Morgan fingerprint density at radius 1 is 1.44 bits per heavy atom. The average Bonchev–Trinajstić information content (AvgIpc) is 2.95. The maximum absolute atomic E-state index is 12.0. The van der Waals surface area contributed by atoms with Crippen LogP contribution in [0.25, 0.3) is 11.1 Å². The molecule has 92 valence electrons. The van der Waals surface area contributed by atoms with Gasteiger partial charge < -0.3 is 9.15 Å². The number of ether oxygens (including phenoxy) is 1. The Balaban J connectivity index is 1.86.